The third-order valence-electron chi connectivity index (χ3n) is 6.81. The molecule has 0 unspecified atom stereocenters. The van der Waals surface area contributed by atoms with Gasteiger partial charge in [-0.25, -0.2) is 0 Å². The van der Waals surface area contributed by atoms with Crippen molar-refractivity contribution in [3.05, 3.63) is 36.4 Å². The molecule has 0 saturated heterocycles. The second kappa shape index (κ2) is 9.20. The first kappa shape index (κ1) is 20.9. The molecule has 2 N–H and O–H groups in total. The highest BCUT2D eigenvalue weighted by atomic mass is 16.2. The average Bonchev–Trinajstić information content (AvgIpc) is 3.66. The Morgan fingerprint density at radius 3 is 1.60 bits per heavy atom. The molecule has 2 aliphatic carbocycles. The lowest BCUT2D eigenvalue weighted by Crippen LogP contribution is -2.16. The van der Waals surface area contributed by atoms with Gasteiger partial charge < -0.3 is 10.6 Å². The minimum Gasteiger partial charge on any atom is -0.325 e. The molecule has 0 spiro atoms. The number of carbonyl (C=O) groups is 2. The molecule has 2 aromatic carbocycles. The Morgan fingerprint density at radius 2 is 1.20 bits per heavy atom. The lowest BCUT2D eigenvalue weighted by Gasteiger charge is -2.13. The summed E-state index contributed by atoms with van der Waals surface area (Å²) in [7, 11) is 0. The second-order valence-corrected chi connectivity index (χ2v) is 9.17. The molecular weight excluding hydrogens is 372 g/mol. The van der Waals surface area contributed by atoms with Crippen molar-refractivity contribution in [3.63, 3.8) is 0 Å². The van der Waals surface area contributed by atoms with Gasteiger partial charge in [-0.3, -0.25) is 9.59 Å². The van der Waals surface area contributed by atoms with Crippen LogP contribution in [0.4, 0.5) is 11.4 Å². The third-order valence-corrected chi connectivity index (χ3v) is 6.81. The van der Waals surface area contributed by atoms with E-state index in [1.54, 1.807) is 0 Å². The van der Waals surface area contributed by atoms with Crippen LogP contribution in [0.5, 0.6) is 0 Å². The Morgan fingerprint density at radius 1 is 0.767 bits per heavy atom. The fraction of sp³-hybridized carbons (Fsp3) is 0.538. The van der Waals surface area contributed by atoms with E-state index in [1.165, 1.54) is 25.7 Å². The van der Waals surface area contributed by atoms with Crippen LogP contribution in [0.2, 0.25) is 0 Å². The van der Waals surface area contributed by atoms with Crippen LogP contribution >= 0.6 is 0 Å². The molecular formula is C26H34N2O2. The van der Waals surface area contributed by atoms with Gasteiger partial charge in [0.05, 0.1) is 0 Å². The molecule has 160 valence electrons. The Balaban J connectivity index is 1.43. The van der Waals surface area contributed by atoms with E-state index in [2.05, 4.69) is 24.5 Å². The Kier molecular flexibility index (Phi) is 6.40. The van der Waals surface area contributed by atoms with Crippen molar-refractivity contribution >= 4 is 34.0 Å². The zero-order valence-corrected chi connectivity index (χ0v) is 18.2. The maximum absolute atomic E-state index is 12.7. The predicted molar refractivity (Wildman–Crippen MR) is 123 cm³/mol. The van der Waals surface area contributed by atoms with Gasteiger partial charge >= 0.3 is 0 Å². The van der Waals surface area contributed by atoms with Crippen LogP contribution < -0.4 is 10.6 Å². The number of carbonyl (C=O) groups excluding carboxylic acids is 2. The van der Waals surface area contributed by atoms with Gasteiger partial charge in [0.25, 0.3) is 0 Å². The smallest absolute Gasteiger partial charge is 0.227 e. The minimum atomic E-state index is 0.134. The number of amides is 2. The zero-order chi connectivity index (χ0) is 21.1. The van der Waals surface area contributed by atoms with E-state index in [0.717, 1.165) is 47.8 Å². The summed E-state index contributed by atoms with van der Waals surface area (Å²) in [4.78, 5) is 25.4. The number of anilines is 2. The van der Waals surface area contributed by atoms with Crippen molar-refractivity contribution in [2.24, 2.45) is 23.7 Å². The van der Waals surface area contributed by atoms with Gasteiger partial charge in [-0.2, -0.15) is 0 Å². The number of nitrogens with one attached hydrogen (secondary N) is 2. The lowest BCUT2D eigenvalue weighted by atomic mass is 10.1. The topological polar surface area (TPSA) is 58.2 Å². The van der Waals surface area contributed by atoms with Crippen LogP contribution in [0.1, 0.15) is 65.2 Å². The molecule has 4 rings (SSSR count). The van der Waals surface area contributed by atoms with Gasteiger partial charge in [-0.1, -0.05) is 63.8 Å². The molecule has 2 aliphatic rings. The monoisotopic (exact) mass is 406 g/mol. The molecule has 0 heterocycles. The number of rotatable bonds is 10. The summed E-state index contributed by atoms with van der Waals surface area (Å²) in [6.45, 7) is 4.39. The summed E-state index contributed by atoms with van der Waals surface area (Å²) in [6, 6.07) is 11.9. The first-order chi connectivity index (χ1) is 14.6. The number of benzene rings is 2. The Bertz CT molecular complexity index is 847. The number of hydrogen-bond donors (Lipinski definition) is 2. The van der Waals surface area contributed by atoms with E-state index in [9.17, 15) is 9.59 Å². The van der Waals surface area contributed by atoms with Gasteiger partial charge in [0.1, 0.15) is 0 Å². The predicted octanol–water partition coefficient (Wildman–Crippen LogP) is 6.37. The average molecular weight is 407 g/mol. The normalized spacial score (nSPS) is 24.5. The van der Waals surface area contributed by atoms with E-state index in [1.807, 2.05) is 36.4 Å². The van der Waals surface area contributed by atoms with E-state index in [4.69, 9.17) is 0 Å². The van der Waals surface area contributed by atoms with Gasteiger partial charge in [0.15, 0.2) is 0 Å². The summed E-state index contributed by atoms with van der Waals surface area (Å²) in [5.74, 6) is 1.68. The molecule has 0 aliphatic heterocycles. The summed E-state index contributed by atoms with van der Waals surface area (Å²) in [5, 5.41) is 8.25. The first-order valence-corrected chi connectivity index (χ1v) is 11.8. The molecule has 2 aromatic rings. The third kappa shape index (κ3) is 4.69. The van der Waals surface area contributed by atoms with Crippen LogP contribution in [-0.2, 0) is 9.59 Å². The first-order valence-electron chi connectivity index (χ1n) is 11.8. The van der Waals surface area contributed by atoms with Crippen LogP contribution in [0, 0.1) is 23.7 Å². The quantitative estimate of drug-likeness (QED) is 0.482. The van der Waals surface area contributed by atoms with Crippen LogP contribution in [0.25, 0.3) is 10.8 Å². The second-order valence-electron chi connectivity index (χ2n) is 9.17. The standard InChI is InChI=1S/C26H34N2O2/c1-3-5-9-17-15-21(17)25(29)27-23-13-7-12-20-19(23)11-8-14-24(20)28-26(30)22-16-18(22)10-6-4-2/h7-8,11-14,17-18,21-22H,3-6,9-10,15-16H2,1-2H3,(H,27,29)(H,28,30)/t17-,18+,21+,22-. The molecule has 4 atom stereocenters. The van der Waals surface area contributed by atoms with Crippen molar-refractivity contribution in [3.8, 4) is 0 Å². The van der Waals surface area contributed by atoms with E-state index >= 15 is 0 Å². The van der Waals surface area contributed by atoms with Crippen LogP contribution in [-0.4, -0.2) is 11.8 Å². The molecule has 0 aromatic heterocycles. The Labute approximate surface area is 179 Å². The van der Waals surface area contributed by atoms with Crippen molar-refractivity contribution < 1.29 is 9.59 Å². The highest BCUT2D eigenvalue weighted by Crippen LogP contribution is 2.44. The minimum absolute atomic E-state index is 0.134. The number of unbranched alkanes of at least 4 members (excludes halogenated alkanes) is 2. The zero-order valence-electron chi connectivity index (χ0n) is 18.2. The van der Waals surface area contributed by atoms with Crippen molar-refractivity contribution in [1.29, 1.82) is 0 Å². The molecule has 0 bridgehead atoms. The fourth-order valence-corrected chi connectivity index (χ4v) is 4.69. The molecule has 2 saturated carbocycles. The van der Waals surface area contributed by atoms with Crippen molar-refractivity contribution in [2.75, 3.05) is 10.6 Å². The SMILES string of the molecule is CCCC[C@@H]1C[C@@H]1C(=O)Nc1cccc2c(NC(=O)[C@@H]3C[C@@H]3CCCC)cccc12. The van der Waals surface area contributed by atoms with Crippen LogP contribution in [0.3, 0.4) is 0 Å². The van der Waals surface area contributed by atoms with Gasteiger partial charge in [-0.15, -0.1) is 0 Å². The maximum atomic E-state index is 12.7. The van der Waals surface area contributed by atoms with Gasteiger partial charge in [-0.05, 0) is 49.7 Å². The van der Waals surface area contributed by atoms with E-state index in [0.29, 0.717) is 11.8 Å². The molecule has 4 nitrogen and oxygen atoms in total. The summed E-state index contributed by atoms with van der Waals surface area (Å²) >= 11 is 0. The number of hydrogen-bond acceptors (Lipinski definition) is 2. The fourth-order valence-electron chi connectivity index (χ4n) is 4.69. The van der Waals surface area contributed by atoms with Crippen molar-refractivity contribution in [1.82, 2.24) is 0 Å². The van der Waals surface area contributed by atoms with Gasteiger partial charge in [0, 0.05) is 34.0 Å². The highest BCUT2D eigenvalue weighted by Gasteiger charge is 2.43. The molecule has 2 fully saturated rings. The summed E-state index contributed by atoms with van der Waals surface area (Å²) < 4.78 is 0. The summed E-state index contributed by atoms with van der Waals surface area (Å²) in [5.41, 5.74) is 1.67. The van der Waals surface area contributed by atoms with E-state index in [-0.39, 0.29) is 23.7 Å². The van der Waals surface area contributed by atoms with Gasteiger partial charge in [0.2, 0.25) is 11.8 Å². The highest BCUT2D eigenvalue weighted by molar-refractivity contribution is 6.10. The largest absolute Gasteiger partial charge is 0.325 e. The maximum Gasteiger partial charge on any atom is 0.227 e. The van der Waals surface area contributed by atoms with Crippen molar-refractivity contribution in [2.45, 2.75) is 65.2 Å². The number of fused-ring (bicyclic) bond motifs is 1. The molecule has 30 heavy (non-hydrogen) atoms. The lowest BCUT2D eigenvalue weighted by molar-refractivity contribution is -0.118. The summed E-state index contributed by atoms with van der Waals surface area (Å²) in [6.07, 6.45) is 9.10. The molecule has 2 amide bonds. The Hall–Kier alpha value is -2.36. The van der Waals surface area contributed by atoms with Crippen LogP contribution in [0.15, 0.2) is 36.4 Å². The molecule has 0 radical (unpaired) electrons. The van der Waals surface area contributed by atoms with E-state index < -0.39 is 0 Å². The molecule has 4 heteroatoms.